The van der Waals surface area contributed by atoms with Crippen LogP contribution in [0.3, 0.4) is 0 Å². The van der Waals surface area contributed by atoms with Crippen LogP contribution in [0.2, 0.25) is 0 Å². The fourth-order valence-corrected chi connectivity index (χ4v) is 1.77. The van der Waals surface area contributed by atoms with Gasteiger partial charge in [-0.3, -0.25) is 0 Å². The van der Waals surface area contributed by atoms with Crippen LogP contribution >= 0.6 is 0 Å². The van der Waals surface area contributed by atoms with E-state index in [1.807, 2.05) is 0 Å². The maximum Gasteiger partial charge on any atom is 0.274 e. The SMILES string of the molecule is NS(=O)(=O)NCCC1CCNC1. The molecule has 0 spiro atoms. The molecule has 0 bridgehead atoms. The van der Waals surface area contributed by atoms with E-state index in [-0.39, 0.29) is 0 Å². The molecule has 1 atom stereocenters. The summed E-state index contributed by atoms with van der Waals surface area (Å²) in [5, 5.41) is 7.98. The molecule has 0 aromatic rings. The van der Waals surface area contributed by atoms with Gasteiger partial charge in [-0.1, -0.05) is 0 Å². The summed E-state index contributed by atoms with van der Waals surface area (Å²) >= 11 is 0. The molecule has 1 fully saturated rings. The number of nitrogens with two attached hydrogens (primary N) is 1. The van der Waals surface area contributed by atoms with Crippen molar-refractivity contribution >= 4 is 10.2 Å². The van der Waals surface area contributed by atoms with E-state index >= 15 is 0 Å². The highest BCUT2D eigenvalue weighted by Gasteiger charge is 2.14. The molecule has 1 aliphatic heterocycles. The molecule has 1 saturated heterocycles. The minimum atomic E-state index is -3.49. The van der Waals surface area contributed by atoms with Crippen molar-refractivity contribution < 1.29 is 8.42 Å². The first-order valence-corrected chi connectivity index (χ1v) is 5.60. The van der Waals surface area contributed by atoms with Crippen LogP contribution < -0.4 is 15.2 Å². The topological polar surface area (TPSA) is 84.2 Å². The molecule has 0 aromatic carbocycles. The van der Waals surface area contributed by atoms with Crippen LogP contribution in [0.25, 0.3) is 0 Å². The van der Waals surface area contributed by atoms with E-state index in [0.29, 0.717) is 12.5 Å². The molecule has 0 aromatic heterocycles. The van der Waals surface area contributed by atoms with E-state index in [9.17, 15) is 8.42 Å². The molecule has 5 nitrogen and oxygen atoms in total. The molecule has 72 valence electrons. The third kappa shape index (κ3) is 4.01. The van der Waals surface area contributed by atoms with Gasteiger partial charge in [0.15, 0.2) is 0 Å². The van der Waals surface area contributed by atoms with Crippen LogP contribution in [0, 0.1) is 5.92 Å². The van der Waals surface area contributed by atoms with Crippen molar-refractivity contribution in [1.29, 1.82) is 0 Å². The van der Waals surface area contributed by atoms with Crippen molar-refractivity contribution in [1.82, 2.24) is 10.0 Å². The second-order valence-corrected chi connectivity index (χ2v) is 4.47. The lowest BCUT2D eigenvalue weighted by Gasteiger charge is -2.07. The standard InChI is InChI=1S/C6H15N3O2S/c7-12(10,11)9-4-2-6-1-3-8-5-6/h6,8-9H,1-5H2,(H2,7,10,11). The fraction of sp³-hybridized carbons (Fsp3) is 1.00. The average molecular weight is 193 g/mol. The molecule has 0 radical (unpaired) electrons. The lowest BCUT2D eigenvalue weighted by Crippen LogP contribution is -2.32. The summed E-state index contributed by atoms with van der Waals surface area (Å²) in [6, 6.07) is 0. The number of nitrogens with one attached hydrogen (secondary N) is 2. The first-order chi connectivity index (χ1) is 5.58. The maximum atomic E-state index is 10.5. The van der Waals surface area contributed by atoms with Crippen LogP contribution in [0.1, 0.15) is 12.8 Å². The van der Waals surface area contributed by atoms with E-state index in [1.165, 1.54) is 0 Å². The predicted molar refractivity (Wildman–Crippen MR) is 46.7 cm³/mol. The Morgan fingerprint density at radius 1 is 1.58 bits per heavy atom. The van der Waals surface area contributed by atoms with Crippen LogP contribution in [-0.4, -0.2) is 28.1 Å². The minimum Gasteiger partial charge on any atom is -0.316 e. The largest absolute Gasteiger partial charge is 0.316 e. The predicted octanol–water partition coefficient (Wildman–Crippen LogP) is -1.22. The van der Waals surface area contributed by atoms with Gasteiger partial charge in [-0.15, -0.1) is 0 Å². The maximum absolute atomic E-state index is 10.5. The lowest BCUT2D eigenvalue weighted by atomic mass is 10.1. The molecule has 0 aliphatic carbocycles. The van der Waals surface area contributed by atoms with Gasteiger partial charge in [0.1, 0.15) is 0 Å². The molecule has 0 amide bonds. The Hall–Kier alpha value is -0.170. The van der Waals surface area contributed by atoms with Gasteiger partial charge in [0.2, 0.25) is 0 Å². The molecule has 12 heavy (non-hydrogen) atoms. The zero-order valence-electron chi connectivity index (χ0n) is 6.91. The van der Waals surface area contributed by atoms with Gasteiger partial charge in [-0.05, 0) is 31.8 Å². The first-order valence-electron chi connectivity index (χ1n) is 4.06. The molecule has 0 saturated carbocycles. The van der Waals surface area contributed by atoms with Crippen molar-refractivity contribution in [3.05, 3.63) is 0 Å². The van der Waals surface area contributed by atoms with Crippen molar-refractivity contribution in [3.63, 3.8) is 0 Å². The Bertz CT molecular complexity index is 221. The van der Waals surface area contributed by atoms with E-state index < -0.39 is 10.2 Å². The average Bonchev–Trinajstić information content (AvgIpc) is 2.36. The monoisotopic (exact) mass is 193 g/mol. The Balaban J connectivity index is 2.09. The molecule has 1 rings (SSSR count). The summed E-state index contributed by atoms with van der Waals surface area (Å²) in [5.74, 6) is 0.597. The molecule has 4 N–H and O–H groups in total. The van der Waals surface area contributed by atoms with Gasteiger partial charge in [-0.2, -0.15) is 8.42 Å². The minimum absolute atomic E-state index is 0.450. The summed E-state index contributed by atoms with van der Waals surface area (Å²) in [6.07, 6.45) is 2.00. The highest BCUT2D eigenvalue weighted by Crippen LogP contribution is 2.10. The van der Waals surface area contributed by atoms with Crippen molar-refractivity contribution in [3.8, 4) is 0 Å². The van der Waals surface area contributed by atoms with Gasteiger partial charge in [0.05, 0.1) is 0 Å². The van der Waals surface area contributed by atoms with E-state index in [2.05, 4.69) is 10.0 Å². The molecular formula is C6H15N3O2S. The van der Waals surface area contributed by atoms with E-state index in [0.717, 1.165) is 25.9 Å². The molecule has 1 aliphatic rings. The zero-order chi connectivity index (χ0) is 9.03. The van der Waals surface area contributed by atoms with Gasteiger partial charge < -0.3 is 5.32 Å². The first kappa shape index (κ1) is 9.91. The molecular weight excluding hydrogens is 178 g/mol. The summed E-state index contributed by atoms with van der Waals surface area (Å²) in [4.78, 5) is 0. The van der Waals surface area contributed by atoms with Crippen LogP contribution in [-0.2, 0) is 10.2 Å². The Kier molecular flexibility index (Phi) is 3.45. The van der Waals surface area contributed by atoms with Crippen molar-refractivity contribution in [2.45, 2.75) is 12.8 Å². The Labute approximate surface area is 72.9 Å². The summed E-state index contributed by atoms with van der Waals surface area (Å²) in [5.41, 5.74) is 0. The highest BCUT2D eigenvalue weighted by molar-refractivity contribution is 7.87. The fourth-order valence-electron chi connectivity index (χ4n) is 1.37. The van der Waals surface area contributed by atoms with Crippen molar-refractivity contribution in [2.75, 3.05) is 19.6 Å². The quantitative estimate of drug-likeness (QED) is 0.523. The van der Waals surface area contributed by atoms with Gasteiger partial charge in [-0.25, -0.2) is 9.86 Å². The smallest absolute Gasteiger partial charge is 0.274 e. The van der Waals surface area contributed by atoms with Gasteiger partial charge in [0, 0.05) is 6.54 Å². The summed E-state index contributed by atoms with van der Waals surface area (Å²) < 4.78 is 23.2. The zero-order valence-corrected chi connectivity index (χ0v) is 7.73. The number of rotatable bonds is 4. The number of hydrogen-bond acceptors (Lipinski definition) is 3. The van der Waals surface area contributed by atoms with Crippen LogP contribution in [0.5, 0.6) is 0 Å². The second-order valence-electron chi connectivity index (χ2n) is 3.09. The lowest BCUT2D eigenvalue weighted by molar-refractivity contribution is 0.519. The molecule has 1 unspecified atom stereocenters. The third-order valence-corrected chi connectivity index (χ3v) is 2.62. The van der Waals surface area contributed by atoms with Crippen LogP contribution in [0.4, 0.5) is 0 Å². The summed E-state index contributed by atoms with van der Waals surface area (Å²) in [7, 11) is -3.49. The molecule has 6 heteroatoms. The third-order valence-electron chi connectivity index (χ3n) is 2.02. The van der Waals surface area contributed by atoms with Crippen molar-refractivity contribution in [2.24, 2.45) is 11.1 Å². The van der Waals surface area contributed by atoms with E-state index in [1.54, 1.807) is 0 Å². The van der Waals surface area contributed by atoms with Crippen LogP contribution in [0.15, 0.2) is 0 Å². The van der Waals surface area contributed by atoms with Gasteiger partial charge in [0.25, 0.3) is 10.2 Å². The highest BCUT2D eigenvalue weighted by atomic mass is 32.2. The molecule has 1 heterocycles. The number of hydrogen-bond donors (Lipinski definition) is 3. The normalized spacial score (nSPS) is 24.6. The van der Waals surface area contributed by atoms with Gasteiger partial charge >= 0.3 is 0 Å². The summed E-state index contributed by atoms with van der Waals surface area (Å²) in [6.45, 7) is 2.48. The Morgan fingerprint density at radius 3 is 2.83 bits per heavy atom. The Morgan fingerprint density at radius 2 is 2.33 bits per heavy atom. The second kappa shape index (κ2) is 4.18. The van der Waals surface area contributed by atoms with E-state index in [4.69, 9.17) is 5.14 Å².